The van der Waals surface area contributed by atoms with Gasteiger partial charge in [0, 0.05) is 35.8 Å². The third kappa shape index (κ3) is 5.54. The van der Waals surface area contributed by atoms with E-state index in [0.29, 0.717) is 5.57 Å². The molecule has 2 aliphatic heterocycles. The second-order valence-electron chi connectivity index (χ2n) is 12.2. The molecule has 2 heterocycles. The first-order valence-corrected chi connectivity index (χ1v) is 14.0. The van der Waals surface area contributed by atoms with Crippen molar-refractivity contribution < 1.29 is 9.84 Å². The Morgan fingerprint density at radius 1 is 1.22 bits per heavy atom. The number of piperazine rings is 1. The van der Waals surface area contributed by atoms with Gasteiger partial charge in [-0.1, -0.05) is 77.8 Å². The summed E-state index contributed by atoms with van der Waals surface area (Å²) in [7, 11) is 2.19. The van der Waals surface area contributed by atoms with Gasteiger partial charge in [-0.2, -0.15) is 0 Å². The van der Waals surface area contributed by atoms with Gasteiger partial charge in [0.2, 0.25) is 0 Å². The van der Waals surface area contributed by atoms with Gasteiger partial charge in [0.15, 0.2) is 0 Å². The number of likely N-dealkylation sites (N-methyl/N-ethyl adjacent to an activating group) is 1. The summed E-state index contributed by atoms with van der Waals surface area (Å²) in [6.07, 6.45) is 11.7. The Kier molecular flexibility index (Phi) is 7.96. The molecule has 3 aliphatic rings. The molecular weight excluding hydrogens is 456 g/mol. The first-order chi connectivity index (χ1) is 17.5. The van der Waals surface area contributed by atoms with Crippen molar-refractivity contribution >= 4 is 11.3 Å². The van der Waals surface area contributed by atoms with Crippen LogP contribution >= 0.6 is 0 Å². The van der Waals surface area contributed by atoms with E-state index in [1.54, 1.807) is 0 Å². The summed E-state index contributed by atoms with van der Waals surface area (Å²) in [5, 5.41) is 12.7. The summed E-state index contributed by atoms with van der Waals surface area (Å²) in [5.41, 5.74) is 5.10. The van der Waals surface area contributed by atoms with Gasteiger partial charge in [0.1, 0.15) is 11.5 Å². The van der Waals surface area contributed by atoms with Gasteiger partial charge in [-0.25, -0.2) is 0 Å². The molecule has 1 aliphatic carbocycles. The molecule has 4 rings (SSSR count). The van der Waals surface area contributed by atoms with Gasteiger partial charge < -0.3 is 19.6 Å². The van der Waals surface area contributed by atoms with Crippen molar-refractivity contribution in [2.24, 2.45) is 11.3 Å². The van der Waals surface area contributed by atoms with E-state index < -0.39 is 0 Å². The van der Waals surface area contributed by atoms with Gasteiger partial charge in [-0.15, -0.1) is 0 Å². The number of rotatable bonds is 7. The van der Waals surface area contributed by atoms with Crippen molar-refractivity contribution in [2.45, 2.75) is 79.2 Å². The molecular formula is C33H46N2O2. The molecule has 1 aromatic carbocycles. The fraction of sp³-hybridized carbons (Fsp3) is 0.515. The van der Waals surface area contributed by atoms with Crippen molar-refractivity contribution in [3.05, 3.63) is 76.7 Å². The lowest BCUT2D eigenvalue weighted by atomic mass is 9.82. The minimum Gasteiger partial charge on any atom is -0.508 e. The predicted octanol–water partition coefficient (Wildman–Crippen LogP) is 6.41. The SMILES string of the molecule is C=C(O)C1=CN2C(=CC1=C)/C(=c1\cccc(OCCCC3CCC3)c1=C(C)CC)N(C)CC2C(C)(C)C. The number of hydrogen-bond acceptors (Lipinski definition) is 4. The second kappa shape index (κ2) is 10.8. The number of ether oxygens (including phenoxy) is 1. The number of aliphatic hydroxyl groups excluding tert-OH is 1. The van der Waals surface area contributed by atoms with Crippen LogP contribution in [0.25, 0.3) is 11.3 Å². The lowest BCUT2D eigenvalue weighted by Gasteiger charge is -2.50. The fourth-order valence-electron chi connectivity index (χ4n) is 5.79. The number of hydrogen-bond donors (Lipinski definition) is 1. The molecule has 1 atom stereocenters. The molecule has 1 aromatic rings. The predicted molar refractivity (Wildman–Crippen MR) is 155 cm³/mol. The molecule has 2 fully saturated rings. The lowest BCUT2D eigenvalue weighted by Crippen LogP contribution is -2.55. The van der Waals surface area contributed by atoms with Crippen molar-refractivity contribution in [3.63, 3.8) is 0 Å². The first-order valence-electron chi connectivity index (χ1n) is 14.0. The van der Waals surface area contributed by atoms with Crippen LogP contribution in [0.15, 0.2) is 66.2 Å². The average molecular weight is 503 g/mol. The van der Waals surface area contributed by atoms with Crippen molar-refractivity contribution in [1.82, 2.24) is 9.80 Å². The molecule has 1 unspecified atom stereocenters. The molecule has 0 bridgehead atoms. The number of allylic oxidation sites excluding steroid dienone is 2. The third-order valence-electron chi connectivity index (χ3n) is 8.40. The summed E-state index contributed by atoms with van der Waals surface area (Å²) in [6, 6.07) is 6.70. The Labute approximate surface area is 224 Å². The summed E-state index contributed by atoms with van der Waals surface area (Å²) < 4.78 is 6.47. The second-order valence-corrected chi connectivity index (χ2v) is 12.2. The molecule has 0 aromatic heterocycles. The van der Waals surface area contributed by atoms with Gasteiger partial charge >= 0.3 is 0 Å². The van der Waals surface area contributed by atoms with Crippen LogP contribution in [0.3, 0.4) is 0 Å². The summed E-state index contributed by atoms with van der Waals surface area (Å²) >= 11 is 0. The largest absolute Gasteiger partial charge is 0.508 e. The molecule has 200 valence electrons. The van der Waals surface area contributed by atoms with E-state index in [1.807, 2.05) is 6.20 Å². The van der Waals surface area contributed by atoms with Gasteiger partial charge in [-0.3, -0.25) is 0 Å². The highest BCUT2D eigenvalue weighted by molar-refractivity contribution is 5.70. The maximum absolute atomic E-state index is 10.3. The number of aliphatic hydroxyl groups is 1. The highest BCUT2D eigenvalue weighted by atomic mass is 16.5. The van der Waals surface area contributed by atoms with Gasteiger partial charge in [-0.05, 0) is 55.2 Å². The maximum atomic E-state index is 10.3. The minimum absolute atomic E-state index is 0.0235. The molecule has 0 radical (unpaired) electrons. The van der Waals surface area contributed by atoms with Crippen molar-refractivity contribution in [2.75, 3.05) is 20.2 Å². The minimum atomic E-state index is 0.0235. The van der Waals surface area contributed by atoms with Crippen molar-refractivity contribution in [3.8, 4) is 5.75 Å². The van der Waals surface area contributed by atoms with Crippen LogP contribution in [0.1, 0.15) is 73.1 Å². The molecule has 37 heavy (non-hydrogen) atoms. The van der Waals surface area contributed by atoms with Crippen LogP contribution < -0.4 is 15.2 Å². The fourth-order valence-corrected chi connectivity index (χ4v) is 5.79. The molecule has 0 amide bonds. The Morgan fingerprint density at radius 2 is 1.95 bits per heavy atom. The van der Waals surface area contributed by atoms with E-state index in [9.17, 15) is 5.11 Å². The van der Waals surface area contributed by atoms with Gasteiger partial charge in [0.05, 0.1) is 24.0 Å². The average Bonchev–Trinajstić information content (AvgIpc) is 2.80. The van der Waals surface area contributed by atoms with Crippen molar-refractivity contribution in [1.29, 1.82) is 0 Å². The Balaban J connectivity index is 1.85. The smallest absolute Gasteiger partial charge is 0.127 e. The van der Waals surface area contributed by atoms with E-state index in [2.05, 4.69) is 88.9 Å². The Morgan fingerprint density at radius 3 is 2.54 bits per heavy atom. The molecule has 4 heteroatoms. The van der Waals surface area contributed by atoms with Crippen LogP contribution in [0.4, 0.5) is 0 Å². The van der Waals surface area contributed by atoms with E-state index in [4.69, 9.17) is 4.74 Å². The highest BCUT2D eigenvalue weighted by Crippen LogP contribution is 2.40. The number of fused-ring (bicyclic) bond motifs is 1. The van der Waals surface area contributed by atoms with E-state index in [0.717, 1.165) is 48.9 Å². The molecule has 1 saturated carbocycles. The van der Waals surface area contributed by atoms with Crippen LogP contribution in [0.2, 0.25) is 0 Å². The normalized spacial score (nSPS) is 22.6. The lowest BCUT2D eigenvalue weighted by molar-refractivity contribution is 0.129. The molecule has 4 nitrogen and oxygen atoms in total. The zero-order valence-electron chi connectivity index (χ0n) is 23.9. The van der Waals surface area contributed by atoms with Crippen LogP contribution in [0.5, 0.6) is 5.75 Å². The number of benzene rings is 1. The van der Waals surface area contributed by atoms with Crippen LogP contribution in [0, 0.1) is 11.3 Å². The zero-order valence-corrected chi connectivity index (χ0v) is 23.9. The molecule has 1 saturated heterocycles. The maximum Gasteiger partial charge on any atom is 0.127 e. The topological polar surface area (TPSA) is 35.9 Å². The molecule has 1 N–H and O–H groups in total. The van der Waals surface area contributed by atoms with Crippen LogP contribution in [-0.2, 0) is 0 Å². The Hall–Kier alpha value is -2.88. The quantitative estimate of drug-likeness (QED) is 0.345. The summed E-state index contributed by atoms with van der Waals surface area (Å²) in [4.78, 5) is 4.72. The summed E-state index contributed by atoms with van der Waals surface area (Å²) in [6.45, 7) is 20.9. The van der Waals surface area contributed by atoms with Crippen LogP contribution in [-0.4, -0.2) is 41.1 Å². The van der Waals surface area contributed by atoms with E-state index in [1.165, 1.54) is 47.4 Å². The third-order valence-corrected chi connectivity index (χ3v) is 8.40. The molecule has 0 spiro atoms. The Bertz CT molecular complexity index is 1240. The van der Waals surface area contributed by atoms with E-state index >= 15 is 0 Å². The van der Waals surface area contributed by atoms with Gasteiger partial charge in [0.25, 0.3) is 0 Å². The zero-order chi connectivity index (χ0) is 26.9. The summed E-state index contributed by atoms with van der Waals surface area (Å²) in [5.74, 6) is 1.94. The standard InChI is InChI=1S/C33H46N2O2/c1-9-22(2)31-26(16-11-17-29(31)37-18-12-15-25-13-10-14-25)32-28-19-23(3)27(24(4)36)20-35(28)30(21-34(32)8)33(5,6)7/h11,16-17,19-20,25,30,36H,3-4,9-10,12-15,18,21H2,1-2,5-8H3/b31-22?,32-26-. The number of nitrogens with zero attached hydrogens (tertiary/aromatic N) is 2. The monoisotopic (exact) mass is 502 g/mol. The highest BCUT2D eigenvalue weighted by Gasteiger charge is 2.40. The first kappa shape index (κ1) is 27.2. The van der Waals surface area contributed by atoms with E-state index in [-0.39, 0.29) is 17.2 Å².